The highest BCUT2D eigenvalue weighted by Gasteiger charge is 2.16. The number of rotatable bonds is 6. The van der Waals surface area contributed by atoms with Crippen LogP contribution in [0.5, 0.6) is 0 Å². The van der Waals surface area contributed by atoms with Crippen LogP contribution in [0.25, 0.3) is 0 Å². The molecule has 5 N–H and O–H groups in total. The molecular formula is C11H16N4O3. The second-order valence-electron chi connectivity index (χ2n) is 3.84. The predicted molar refractivity (Wildman–Crippen MR) is 68.4 cm³/mol. The molecule has 0 aromatic heterocycles. The van der Waals surface area contributed by atoms with E-state index in [1.807, 2.05) is 6.92 Å². The van der Waals surface area contributed by atoms with Gasteiger partial charge in [-0.25, -0.2) is 0 Å². The van der Waals surface area contributed by atoms with Crippen molar-refractivity contribution in [3.05, 3.63) is 33.9 Å². The number of non-ortho nitro benzene ring substituents is 1. The van der Waals surface area contributed by atoms with Crippen LogP contribution in [0.1, 0.15) is 23.7 Å². The summed E-state index contributed by atoms with van der Waals surface area (Å²) in [7, 11) is 0. The van der Waals surface area contributed by atoms with E-state index in [1.54, 1.807) is 0 Å². The van der Waals surface area contributed by atoms with Crippen molar-refractivity contribution in [1.82, 2.24) is 0 Å². The van der Waals surface area contributed by atoms with Crippen LogP contribution in [0.15, 0.2) is 18.2 Å². The monoisotopic (exact) mass is 252 g/mol. The van der Waals surface area contributed by atoms with Gasteiger partial charge in [-0.15, -0.1) is 0 Å². The number of anilines is 1. The Labute approximate surface area is 104 Å². The zero-order valence-corrected chi connectivity index (χ0v) is 10.1. The van der Waals surface area contributed by atoms with E-state index < -0.39 is 10.8 Å². The number of nitrogens with one attached hydrogen (secondary N) is 1. The van der Waals surface area contributed by atoms with Crippen LogP contribution in [-0.4, -0.2) is 23.4 Å². The fraction of sp³-hybridized carbons (Fsp3) is 0.364. The summed E-state index contributed by atoms with van der Waals surface area (Å²) in [4.78, 5) is 21.3. The first-order chi connectivity index (χ1) is 8.49. The zero-order valence-electron chi connectivity index (χ0n) is 10.1. The minimum atomic E-state index is -0.715. The third kappa shape index (κ3) is 3.17. The average Bonchev–Trinajstić information content (AvgIpc) is 2.35. The van der Waals surface area contributed by atoms with E-state index in [-0.39, 0.29) is 17.3 Å². The predicted octanol–water partition coefficient (Wildman–Crippen LogP) is 0.843. The van der Waals surface area contributed by atoms with Crippen molar-refractivity contribution in [3.63, 3.8) is 0 Å². The molecule has 98 valence electrons. The summed E-state index contributed by atoms with van der Waals surface area (Å²) in [6.45, 7) is 2.34. The van der Waals surface area contributed by atoms with Crippen LogP contribution < -0.4 is 16.8 Å². The lowest BCUT2D eigenvalue weighted by atomic mass is 10.1. The van der Waals surface area contributed by atoms with Gasteiger partial charge in [-0.05, 0) is 12.5 Å². The number of primary amides is 1. The number of amides is 1. The standard InChI is InChI=1S/C11H16N4O3/c1-2-7(6-12)14-10-4-3-8(15(17)18)5-9(10)11(13)16/h3-5,7,14H,2,6,12H2,1H3,(H2,13,16). The molecule has 0 radical (unpaired) electrons. The third-order valence-corrected chi connectivity index (χ3v) is 2.62. The largest absolute Gasteiger partial charge is 0.380 e. The van der Waals surface area contributed by atoms with E-state index in [2.05, 4.69) is 5.32 Å². The zero-order chi connectivity index (χ0) is 13.7. The van der Waals surface area contributed by atoms with Crippen LogP contribution in [-0.2, 0) is 0 Å². The number of nitrogens with zero attached hydrogens (tertiary/aromatic N) is 1. The van der Waals surface area contributed by atoms with Gasteiger partial charge in [0.2, 0.25) is 0 Å². The van der Waals surface area contributed by atoms with Crippen molar-refractivity contribution < 1.29 is 9.72 Å². The molecule has 1 unspecified atom stereocenters. The molecule has 1 amide bonds. The SMILES string of the molecule is CCC(CN)Nc1ccc([N+](=O)[O-])cc1C(N)=O. The molecule has 0 spiro atoms. The highest BCUT2D eigenvalue weighted by atomic mass is 16.6. The van der Waals surface area contributed by atoms with Gasteiger partial charge in [0.1, 0.15) is 0 Å². The van der Waals surface area contributed by atoms with Crippen molar-refractivity contribution in [2.24, 2.45) is 11.5 Å². The normalized spacial score (nSPS) is 11.9. The van der Waals surface area contributed by atoms with Crippen LogP contribution in [0.3, 0.4) is 0 Å². The first-order valence-electron chi connectivity index (χ1n) is 5.54. The Morgan fingerprint density at radius 3 is 2.67 bits per heavy atom. The van der Waals surface area contributed by atoms with Gasteiger partial charge in [-0.1, -0.05) is 6.92 Å². The smallest absolute Gasteiger partial charge is 0.270 e. The molecule has 1 rings (SSSR count). The quantitative estimate of drug-likeness (QED) is 0.511. The number of hydrogen-bond donors (Lipinski definition) is 3. The molecule has 1 aromatic rings. The lowest BCUT2D eigenvalue weighted by Gasteiger charge is -2.17. The summed E-state index contributed by atoms with van der Waals surface area (Å²) in [5.74, 6) is -0.715. The average molecular weight is 252 g/mol. The number of nitro benzene ring substituents is 1. The van der Waals surface area contributed by atoms with E-state index in [4.69, 9.17) is 11.5 Å². The number of nitrogens with two attached hydrogens (primary N) is 2. The van der Waals surface area contributed by atoms with E-state index >= 15 is 0 Å². The summed E-state index contributed by atoms with van der Waals surface area (Å²) < 4.78 is 0. The maximum Gasteiger partial charge on any atom is 0.270 e. The molecule has 18 heavy (non-hydrogen) atoms. The fourth-order valence-corrected chi connectivity index (χ4v) is 1.52. The van der Waals surface area contributed by atoms with Gasteiger partial charge in [0.25, 0.3) is 11.6 Å². The van der Waals surface area contributed by atoms with Crippen LogP contribution in [0.2, 0.25) is 0 Å². The van der Waals surface area contributed by atoms with E-state index in [0.717, 1.165) is 12.5 Å². The number of carbonyl (C=O) groups excluding carboxylic acids is 1. The van der Waals surface area contributed by atoms with Crippen molar-refractivity contribution >= 4 is 17.3 Å². The van der Waals surface area contributed by atoms with Crippen molar-refractivity contribution in [2.45, 2.75) is 19.4 Å². The Balaban J connectivity index is 3.11. The fourth-order valence-electron chi connectivity index (χ4n) is 1.52. The van der Waals surface area contributed by atoms with Crippen LogP contribution in [0.4, 0.5) is 11.4 Å². The molecule has 0 aliphatic heterocycles. The van der Waals surface area contributed by atoms with Gasteiger partial charge in [-0.2, -0.15) is 0 Å². The van der Waals surface area contributed by atoms with E-state index in [1.165, 1.54) is 12.1 Å². The first-order valence-corrected chi connectivity index (χ1v) is 5.54. The Bertz CT molecular complexity index is 458. The minimum Gasteiger partial charge on any atom is -0.380 e. The summed E-state index contributed by atoms with van der Waals surface area (Å²) in [6, 6.07) is 3.94. The molecule has 1 atom stereocenters. The second kappa shape index (κ2) is 5.97. The molecule has 0 aliphatic rings. The van der Waals surface area contributed by atoms with E-state index in [9.17, 15) is 14.9 Å². The topological polar surface area (TPSA) is 124 Å². The maximum absolute atomic E-state index is 11.3. The highest BCUT2D eigenvalue weighted by molar-refractivity contribution is 5.99. The molecule has 0 saturated heterocycles. The Hall–Kier alpha value is -2.15. The summed E-state index contributed by atoms with van der Waals surface area (Å²) in [5.41, 5.74) is 11.1. The molecule has 0 bridgehead atoms. The Kier molecular flexibility index (Phi) is 4.61. The van der Waals surface area contributed by atoms with Crippen LogP contribution >= 0.6 is 0 Å². The number of nitro groups is 1. The van der Waals surface area contributed by atoms with Crippen molar-refractivity contribution in [2.75, 3.05) is 11.9 Å². The molecule has 0 saturated carbocycles. The lowest BCUT2D eigenvalue weighted by molar-refractivity contribution is -0.384. The van der Waals surface area contributed by atoms with Crippen molar-refractivity contribution in [3.8, 4) is 0 Å². The molecular weight excluding hydrogens is 236 g/mol. The molecule has 7 nitrogen and oxygen atoms in total. The molecule has 1 aromatic carbocycles. The van der Waals surface area contributed by atoms with Gasteiger partial charge < -0.3 is 16.8 Å². The highest BCUT2D eigenvalue weighted by Crippen LogP contribution is 2.22. The van der Waals surface area contributed by atoms with Gasteiger partial charge >= 0.3 is 0 Å². The molecule has 0 fully saturated rings. The molecule has 0 heterocycles. The van der Waals surface area contributed by atoms with Crippen molar-refractivity contribution in [1.29, 1.82) is 0 Å². The summed E-state index contributed by atoms with van der Waals surface area (Å²) in [5, 5.41) is 13.7. The first kappa shape index (κ1) is 13.9. The van der Waals surface area contributed by atoms with Gasteiger partial charge in [0.05, 0.1) is 10.5 Å². The van der Waals surface area contributed by atoms with Gasteiger partial charge in [0, 0.05) is 30.4 Å². The van der Waals surface area contributed by atoms with E-state index in [0.29, 0.717) is 12.2 Å². The number of carbonyl (C=O) groups is 1. The third-order valence-electron chi connectivity index (χ3n) is 2.62. The second-order valence-corrected chi connectivity index (χ2v) is 3.84. The lowest BCUT2D eigenvalue weighted by Crippen LogP contribution is -2.29. The van der Waals surface area contributed by atoms with Gasteiger partial charge in [-0.3, -0.25) is 14.9 Å². The Morgan fingerprint density at radius 2 is 2.22 bits per heavy atom. The number of benzene rings is 1. The van der Waals surface area contributed by atoms with Crippen LogP contribution in [0, 0.1) is 10.1 Å². The summed E-state index contributed by atoms with van der Waals surface area (Å²) >= 11 is 0. The summed E-state index contributed by atoms with van der Waals surface area (Å²) in [6.07, 6.45) is 0.770. The Morgan fingerprint density at radius 1 is 1.56 bits per heavy atom. The molecule has 7 heteroatoms. The van der Waals surface area contributed by atoms with Gasteiger partial charge in [0.15, 0.2) is 0 Å². The number of hydrogen-bond acceptors (Lipinski definition) is 5. The maximum atomic E-state index is 11.3. The molecule has 0 aliphatic carbocycles. The minimum absolute atomic E-state index is 0.00967.